The first-order valence-corrected chi connectivity index (χ1v) is 22.7. The van der Waals surface area contributed by atoms with Gasteiger partial charge >= 0.3 is 0 Å². The Bertz CT molecular complexity index is 3630. The fourth-order valence-electron chi connectivity index (χ4n) is 9.26. The minimum Gasteiger partial charge on any atom is -0.456 e. The Balaban J connectivity index is 0.827. The molecule has 0 spiro atoms. The van der Waals surface area contributed by atoms with Gasteiger partial charge in [-0.25, -0.2) is 19.9 Å². The van der Waals surface area contributed by atoms with E-state index in [0.717, 1.165) is 122 Å². The number of hydrogen-bond donors (Lipinski definition) is 0. The number of benzene rings is 9. The van der Waals surface area contributed by atoms with Gasteiger partial charge in [-0.05, 0) is 82.9 Å². The van der Waals surface area contributed by atoms with E-state index in [-0.39, 0.29) is 0 Å². The summed E-state index contributed by atoms with van der Waals surface area (Å²) in [7, 11) is 0. The van der Waals surface area contributed by atoms with E-state index in [9.17, 15) is 0 Å². The maximum atomic E-state index is 6.63. The first-order chi connectivity index (χ1) is 33.6. The van der Waals surface area contributed by atoms with Gasteiger partial charge in [-0.1, -0.05) is 170 Å². The van der Waals surface area contributed by atoms with Gasteiger partial charge in [-0.15, -0.1) is 0 Å². The monoisotopic (exact) mass is 870 g/mol. The molecule has 6 heteroatoms. The van der Waals surface area contributed by atoms with Gasteiger partial charge < -0.3 is 8.83 Å². The summed E-state index contributed by atoms with van der Waals surface area (Å²) in [6, 6.07) is 79.1. The highest BCUT2D eigenvalue weighted by molar-refractivity contribution is 6.15. The lowest BCUT2D eigenvalue weighted by Crippen LogP contribution is -1.96. The minimum absolute atomic E-state index is 0.671. The molecule has 0 unspecified atom stereocenters. The van der Waals surface area contributed by atoms with Gasteiger partial charge in [0.25, 0.3) is 0 Å². The van der Waals surface area contributed by atoms with Gasteiger partial charge in [0.15, 0.2) is 11.6 Å². The summed E-state index contributed by atoms with van der Waals surface area (Å²) >= 11 is 0. The largest absolute Gasteiger partial charge is 0.456 e. The Kier molecular flexibility index (Phi) is 9.39. The Morgan fingerprint density at radius 1 is 0.206 bits per heavy atom. The molecule has 4 heterocycles. The number of aromatic nitrogens is 4. The summed E-state index contributed by atoms with van der Waals surface area (Å²) in [6.07, 6.45) is 0. The van der Waals surface area contributed by atoms with Crippen molar-refractivity contribution in [3.63, 3.8) is 0 Å². The molecule has 6 nitrogen and oxygen atoms in total. The number of rotatable bonds is 8. The van der Waals surface area contributed by atoms with Gasteiger partial charge in [0.1, 0.15) is 22.3 Å². The zero-order chi connectivity index (χ0) is 45.0. The number of hydrogen-bond acceptors (Lipinski definition) is 6. The molecule has 0 atom stereocenters. The van der Waals surface area contributed by atoms with Crippen LogP contribution in [-0.4, -0.2) is 19.9 Å². The molecule has 0 bridgehead atoms. The van der Waals surface area contributed by atoms with Crippen LogP contribution >= 0.6 is 0 Å². The molecule has 0 N–H and O–H groups in total. The van der Waals surface area contributed by atoms with Gasteiger partial charge in [0.2, 0.25) is 0 Å². The molecule has 4 aromatic heterocycles. The van der Waals surface area contributed by atoms with Crippen molar-refractivity contribution in [2.45, 2.75) is 0 Å². The molecule has 68 heavy (non-hydrogen) atoms. The molecule has 0 aliphatic carbocycles. The van der Waals surface area contributed by atoms with E-state index in [2.05, 4.69) is 158 Å². The average molecular weight is 871 g/mol. The predicted molar refractivity (Wildman–Crippen MR) is 276 cm³/mol. The van der Waals surface area contributed by atoms with Crippen molar-refractivity contribution >= 4 is 43.9 Å². The molecule has 318 valence electrons. The normalized spacial score (nSPS) is 11.5. The van der Waals surface area contributed by atoms with Crippen LogP contribution in [0.3, 0.4) is 0 Å². The molecule has 0 radical (unpaired) electrons. The summed E-state index contributed by atoms with van der Waals surface area (Å²) in [5, 5.41) is 4.07. The highest BCUT2D eigenvalue weighted by atomic mass is 16.3. The van der Waals surface area contributed by atoms with Crippen LogP contribution in [0.2, 0.25) is 0 Å². The van der Waals surface area contributed by atoms with E-state index in [4.69, 9.17) is 28.8 Å². The van der Waals surface area contributed by atoms with Crippen molar-refractivity contribution in [1.82, 2.24) is 19.9 Å². The van der Waals surface area contributed by atoms with Crippen LogP contribution in [-0.2, 0) is 0 Å². The Morgan fingerprint density at radius 2 is 0.500 bits per heavy atom. The summed E-state index contributed by atoms with van der Waals surface area (Å²) in [5.41, 5.74) is 17.0. The Morgan fingerprint density at radius 3 is 0.853 bits per heavy atom. The molecule has 0 fully saturated rings. The molecule has 0 aliphatic heterocycles. The van der Waals surface area contributed by atoms with E-state index in [1.54, 1.807) is 0 Å². The molecule has 13 rings (SSSR count). The molecular formula is C62H38N4O2. The van der Waals surface area contributed by atoms with E-state index < -0.39 is 0 Å². The summed E-state index contributed by atoms with van der Waals surface area (Å²) < 4.78 is 13.3. The van der Waals surface area contributed by atoms with Crippen molar-refractivity contribution < 1.29 is 8.83 Å². The van der Waals surface area contributed by atoms with Crippen LogP contribution in [0.15, 0.2) is 239 Å². The van der Waals surface area contributed by atoms with Gasteiger partial charge in [-0.2, -0.15) is 0 Å². The molecule has 9 aromatic carbocycles. The van der Waals surface area contributed by atoms with Crippen molar-refractivity contribution in [1.29, 1.82) is 0 Å². The second kappa shape index (κ2) is 16.3. The van der Waals surface area contributed by atoms with E-state index in [1.807, 2.05) is 72.8 Å². The average Bonchev–Trinajstić information content (AvgIpc) is 3.97. The van der Waals surface area contributed by atoms with Crippen LogP contribution in [0.5, 0.6) is 0 Å². The maximum absolute atomic E-state index is 6.63. The van der Waals surface area contributed by atoms with Crippen molar-refractivity contribution in [3.8, 4) is 90.1 Å². The zero-order valence-electron chi connectivity index (χ0n) is 36.5. The standard InChI is InChI=1S/C62H38N4O2/c1-5-15-39(16-6-1)53-37-54(40-17-7-2-8-18-40)64-61(63-53)47-25-13-23-43(31-47)45-27-29-49-51-35-60-52(36-59(51)67-57(49)33-45)50-30-28-46(34-58(50)68-60)44-24-14-26-48(32-44)62-65-55(41-19-9-3-10-20-41)38-56(66-62)42-21-11-4-12-22-42/h1-38H. The van der Waals surface area contributed by atoms with Crippen LogP contribution in [0.1, 0.15) is 0 Å². The third-order valence-corrected chi connectivity index (χ3v) is 12.7. The quantitative estimate of drug-likeness (QED) is 0.151. The summed E-state index contributed by atoms with van der Waals surface area (Å²) in [4.78, 5) is 20.3. The number of fused-ring (bicyclic) bond motifs is 6. The SMILES string of the molecule is c1ccc(-c2cc(-c3ccccc3)nc(-c3cccc(-c4ccc5c(c4)oc4cc6c(cc45)oc4cc(-c5cccc(-c7nc(-c8ccccc8)cc(-c8ccccc8)n7)c5)ccc46)c3)n2)cc1. The number of furan rings is 2. The molecule has 0 saturated carbocycles. The molecule has 0 saturated heterocycles. The van der Waals surface area contributed by atoms with E-state index in [1.165, 1.54) is 0 Å². The van der Waals surface area contributed by atoms with E-state index in [0.29, 0.717) is 11.6 Å². The Hall–Kier alpha value is -9.26. The first kappa shape index (κ1) is 39.1. The first-order valence-electron chi connectivity index (χ1n) is 22.7. The topological polar surface area (TPSA) is 77.8 Å². The molecule has 0 amide bonds. The van der Waals surface area contributed by atoms with Crippen molar-refractivity contribution in [2.24, 2.45) is 0 Å². The van der Waals surface area contributed by atoms with Gasteiger partial charge in [-0.3, -0.25) is 0 Å². The van der Waals surface area contributed by atoms with Crippen molar-refractivity contribution in [2.75, 3.05) is 0 Å². The summed E-state index contributed by atoms with van der Waals surface area (Å²) in [5.74, 6) is 1.34. The Labute approximate surface area is 391 Å². The van der Waals surface area contributed by atoms with Crippen LogP contribution in [0.4, 0.5) is 0 Å². The molecule has 0 aliphatic rings. The minimum atomic E-state index is 0.671. The lowest BCUT2D eigenvalue weighted by molar-refractivity contribution is 0.664. The molecule has 13 aromatic rings. The molecular weight excluding hydrogens is 833 g/mol. The zero-order valence-corrected chi connectivity index (χ0v) is 36.5. The third-order valence-electron chi connectivity index (χ3n) is 12.7. The third kappa shape index (κ3) is 7.18. The van der Waals surface area contributed by atoms with Crippen LogP contribution in [0.25, 0.3) is 134 Å². The second-order valence-electron chi connectivity index (χ2n) is 17.0. The lowest BCUT2D eigenvalue weighted by Gasteiger charge is -2.10. The van der Waals surface area contributed by atoms with Gasteiger partial charge in [0, 0.05) is 54.9 Å². The van der Waals surface area contributed by atoms with Gasteiger partial charge in [0.05, 0.1) is 22.8 Å². The second-order valence-corrected chi connectivity index (χ2v) is 17.0. The van der Waals surface area contributed by atoms with Crippen LogP contribution < -0.4 is 0 Å². The fourth-order valence-corrected chi connectivity index (χ4v) is 9.26. The number of nitrogens with zero attached hydrogens (tertiary/aromatic N) is 4. The highest BCUT2D eigenvalue weighted by Gasteiger charge is 2.17. The fraction of sp³-hybridized carbons (Fsp3) is 0. The smallest absolute Gasteiger partial charge is 0.160 e. The highest BCUT2D eigenvalue weighted by Crippen LogP contribution is 2.40. The van der Waals surface area contributed by atoms with Crippen LogP contribution in [0, 0.1) is 0 Å². The maximum Gasteiger partial charge on any atom is 0.160 e. The predicted octanol–water partition coefficient (Wildman–Crippen LogP) is 16.4. The van der Waals surface area contributed by atoms with E-state index >= 15 is 0 Å². The lowest BCUT2D eigenvalue weighted by atomic mass is 10.00. The van der Waals surface area contributed by atoms with Crippen molar-refractivity contribution in [3.05, 3.63) is 231 Å². The summed E-state index contributed by atoms with van der Waals surface area (Å²) in [6.45, 7) is 0.